The van der Waals surface area contributed by atoms with Crippen LogP contribution in [0.15, 0.2) is 24.3 Å². The number of benzene rings is 1. The van der Waals surface area contributed by atoms with Gasteiger partial charge in [0.2, 0.25) is 5.91 Å². The molecule has 0 aliphatic heterocycles. The second kappa shape index (κ2) is 6.67. The van der Waals surface area contributed by atoms with Gasteiger partial charge in [-0.1, -0.05) is 19.1 Å². The van der Waals surface area contributed by atoms with Crippen LogP contribution < -0.4 is 0 Å². The maximum atomic E-state index is 12.1. The maximum absolute atomic E-state index is 12.1. The van der Waals surface area contributed by atoms with Gasteiger partial charge in [-0.2, -0.15) is 0 Å². The molecule has 0 aliphatic carbocycles. The van der Waals surface area contributed by atoms with Crippen molar-refractivity contribution in [3.05, 3.63) is 29.3 Å². The number of carbonyl (C=O) groups excluding carboxylic acids is 1. The van der Waals surface area contributed by atoms with E-state index in [9.17, 15) is 9.59 Å². The second-order valence-corrected chi connectivity index (χ2v) is 5.96. The number of aryl methyl sites for hydroxylation is 1. The summed E-state index contributed by atoms with van der Waals surface area (Å²) in [5, 5.41) is 9.97. The first-order chi connectivity index (χ1) is 10.0. The van der Waals surface area contributed by atoms with Gasteiger partial charge in [-0.05, 0) is 18.6 Å². The number of carboxylic acids is 1. The molecule has 2 rings (SSSR count). The van der Waals surface area contributed by atoms with E-state index in [1.165, 1.54) is 4.90 Å². The third-order valence-corrected chi connectivity index (χ3v) is 4.52. The molecule has 0 aliphatic rings. The average Bonchev–Trinajstić information content (AvgIpc) is 2.87. The van der Waals surface area contributed by atoms with Crippen LogP contribution in [0.4, 0.5) is 0 Å². The van der Waals surface area contributed by atoms with Crippen LogP contribution in [0.1, 0.15) is 24.8 Å². The van der Waals surface area contributed by atoms with Gasteiger partial charge >= 0.3 is 5.97 Å². The van der Waals surface area contributed by atoms with E-state index in [2.05, 4.69) is 4.98 Å². The van der Waals surface area contributed by atoms with E-state index < -0.39 is 12.0 Å². The summed E-state index contributed by atoms with van der Waals surface area (Å²) in [6, 6.07) is 7.08. The molecule has 21 heavy (non-hydrogen) atoms. The monoisotopic (exact) mass is 306 g/mol. The molecule has 1 aromatic heterocycles. The van der Waals surface area contributed by atoms with Crippen molar-refractivity contribution >= 4 is 33.4 Å². The van der Waals surface area contributed by atoms with Gasteiger partial charge in [0.1, 0.15) is 6.04 Å². The summed E-state index contributed by atoms with van der Waals surface area (Å²) < 4.78 is 1.10. The van der Waals surface area contributed by atoms with Crippen molar-refractivity contribution in [3.63, 3.8) is 0 Å². The highest BCUT2D eigenvalue weighted by atomic mass is 32.1. The molecule has 1 amide bonds. The number of nitrogens with zero attached hydrogens (tertiary/aromatic N) is 2. The summed E-state index contributed by atoms with van der Waals surface area (Å²) in [7, 11) is 1.54. The van der Waals surface area contributed by atoms with Gasteiger partial charge in [0.15, 0.2) is 0 Å². The summed E-state index contributed by atoms with van der Waals surface area (Å²) in [5.41, 5.74) is 0.940. The number of likely N-dealkylation sites (N-methyl/N-ethyl adjacent to an activating group) is 1. The summed E-state index contributed by atoms with van der Waals surface area (Å²) in [6.45, 7) is 1.76. The smallest absolute Gasteiger partial charge is 0.326 e. The number of aliphatic carboxylic acids is 1. The number of thiazole rings is 1. The van der Waals surface area contributed by atoms with Crippen LogP contribution in [-0.2, 0) is 16.0 Å². The number of rotatable bonds is 6. The molecular weight excluding hydrogens is 288 g/mol. The summed E-state index contributed by atoms with van der Waals surface area (Å²) in [5.74, 6) is -1.13. The highest BCUT2D eigenvalue weighted by Gasteiger charge is 2.24. The van der Waals surface area contributed by atoms with Gasteiger partial charge in [0, 0.05) is 19.9 Å². The van der Waals surface area contributed by atoms with Crippen LogP contribution in [0.2, 0.25) is 0 Å². The minimum Gasteiger partial charge on any atom is -0.480 e. The predicted molar refractivity (Wildman–Crippen MR) is 82.4 cm³/mol. The minimum atomic E-state index is -0.965. The lowest BCUT2D eigenvalue weighted by Gasteiger charge is -2.23. The Hall–Kier alpha value is -1.95. The van der Waals surface area contributed by atoms with Crippen molar-refractivity contribution < 1.29 is 14.7 Å². The first kappa shape index (κ1) is 15.4. The van der Waals surface area contributed by atoms with Crippen LogP contribution >= 0.6 is 11.3 Å². The third-order valence-electron chi connectivity index (χ3n) is 3.42. The van der Waals surface area contributed by atoms with E-state index in [1.807, 2.05) is 24.3 Å². The molecule has 1 aromatic carbocycles. The lowest BCUT2D eigenvalue weighted by molar-refractivity contribution is -0.149. The fourth-order valence-corrected chi connectivity index (χ4v) is 3.17. The topological polar surface area (TPSA) is 70.5 Å². The Balaban J connectivity index is 1.98. The number of amides is 1. The number of carboxylic acid groups (broad SMARTS) is 1. The van der Waals surface area contributed by atoms with Crippen molar-refractivity contribution in [1.82, 2.24) is 9.88 Å². The molecule has 1 unspecified atom stereocenters. The lowest BCUT2D eigenvalue weighted by atomic mass is 10.2. The fraction of sp³-hybridized carbons (Fsp3) is 0.400. The quantitative estimate of drug-likeness (QED) is 0.890. The standard InChI is InChI=1S/C15H18N2O3S/c1-3-11(15(19)20)17(2)14(18)9-8-13-16-10-6-4-5-7-12(10)21-13/h4-7,11H,3,8-9H2,1-2H3,(H,19,20). The molecule has 0 fully saturated rings. The van der Waals surface area contributed by atoms with Crippen molar-refractivity contribution in [3.8, 4) is 0 Å². The Bertz CT molecular complexity index is 620. The molecule has 0 saturated heterocycles. The predicted octanol–water partition coefficient (Wildman–Crippen LogP) is 2.55. The van der Waals surface area contributed by atoms with Gasteiger partial charge in [0.05, 0.1) is 15.2 Å². The Morgan fingerprint density at radius 2 is 2.10 bits per heavy atom. The molecule has 1 heterocycles. The minimum absolute atomic E-state index is 0.163. The number of hydrogen-bond acceptors (Lipinski definition) is 4. The number of hydrogen-bond donors (Lipinski definition) is 1. The van der Waals surface area contributed by atoms with Crippen molar-refractivity contribution in [1.29, 1.82) is 0 Å². The Kier molecular flexibility index (Phi) is 4.90. The zero-order chi connectivity index (χ0) is 15.4. The van der Waals surface area contributed by atoms with E-state index in [0.29, 0.717) is 12.8 Å². The molecule has 5 nitrogen and oxygen atoms in total. The highest BCUT2D eigenvalue weighted by Crippen LogP contribution is 2.22. The van der Waals surface area contributed by atoms with Crippen LogP contribution in [0.25, 0.3) is 10.2 Å². The molecular formula is C15H18N2O3S. The molecule has 6 heteroatoms. The summed E-state index contributed by atoms with van der Waals surface area (Å²) in [6.07, 6.45) is 1.22. The molecule has 0 radical (unpaired) electrons. The largest absolute Gasteiger partial charge is 0.480 e. The fourth-order valence-electron chi connectivity index (χ4n) is 2.21. The van der Waals surface area contributed by atoms with Crippen LogP contribution in [0, 0.1) is 0 Å². The van der Waals surface area contributed by atoms with E-state index in [4.69, 9.17) is 5.11 Å². The number of para-hydroxylation sites is 1. The molecule has 112 valence electrons. The number of aromatic nitrogens is 1. The van der Waals surface area contributed by atoms with Crippen LogP contribution in [-0.4, -0.2) is 40.0 Å². The average molecular weight is 306 g/mol. The van der Waals surface area contributed by atoms with Gasteiger partial charge < -0.3 is 10.0 Å². The normalized spacial score (nSPS) is 12.3. The molecule has 0 spiro atoms. The Labute approximate surface area is 127 Å². The third kappa shape index (κ3) is 3.58. The van der Waals surface area contributed by atoms with E-state index in [1.54, 1.807) is 25.3 Å². The highest BCUT2D eigenvalue weighted by molar-refractivity contribution is 7.18. The zero-order valence-corrected chi connectivity index (χ0v) is 12.9. The zero-order valence-electron chi connectivity index (χ0n) is 12.1. The van der Waals surface area contributed by atoms with Crippen LogP contribution in [0.3, 0.4) is 0 Å². The first-order valence-corrected chi connectivity index (χ1v) is 7.67. The summed E-state index contributed by atoms with van der Waals surface area (Å²) in [4.78, 5) is 28.9. The first-order valence-electron chi connectivity index (χ1n) is 6.85. The van der Waals surface area contributed by atoms with E-state index in [-0.39, 0.29) is 12.3 Å². The van der Waals surface area contributed by atoms with Gasteiger partial charge in [-0.25, -0.2) is 9.78 Å². The van der Waals surface area contributed by atoms with Crippen molar-refractivity contribution in [2.45, 2.75) is 32.2 Å². The van der Waals surface area contributed by atoms with Crippen LogP contribution in [0.5, 0.6) is 0 Å². The van der Waals surface area contributed by atoms with Gasteiger partial charge in [0.25, 0.3) is 0 Å². The molecule has 1 atom stereocenters. The van der Waals surface area contributed by atoms with Crippen molar-refractivity contribution in [2.24, 2.45) is 0 Å². The lowest BCUT2D eigenvalue weighted by Crippen LogP contribution is -2.42. The maximum Gasteiger partial charge on any atom is 0.326 e. The Morgan fingerprint density at radius 3 is 2.71 bits per heavy atom. The molecule has 0 bridgehead atoms. The molecule has 0 saturated carbocycles. The van der Waals surface area contributed by atoms with E-state index in [0.717, 1.165) is 15.2 Å². The molecule has 1 N–H and O–H groups in total. The van der Waals surface area contributed by atoms with E-state index >= 15 is 0 Å². The number of carbonyl (C=O) groups is 2. The summed E-state index contributed by atoms with van der Waals surface area (Å²) >= 11 is 1.57. The molecule has 2 aromatic rings. The van der Waals surface area contributed by atoms with Gasteiger partial charge in [-0.3, -0.25) is 4.79 Å². The second-order valence-electron chi connectivity index (χ2n) is 4.84. The van der Waals surface area contributed by atoms with Gasteiger partial charge in [-0.15, -0.1) is 11.3 Å². The number of fused-ring (bicyclic) bond motifs is 1. The SMILES string of the molecule is CCC(C(=O)O)N(C)C(=O)CCc1nc2ccccc2s1. The van der Waals surface area contributed by atoms with Crippen molar-refractivity contribution in [2.75, 3.05) is 7.05 Å². The Morgan fingerprint density at radius 1 is 1.38 bits per heavy atom.